The van der Waals surface area contributed by atoms with Gasteiger partial charge in [-0.05, 0) is 45.1 Å². The SMILES string of the molecule is CCCCC(=C=C(C)CC1(C)OCCO1)C(=O)C1(C)CCCCC1. The van der Waals surface area contributed by atoms with Crippen molar-refractivity contribution in [3.8, 4) is 0 Å². The number of hydrogen-bond acceptors (Lipinski definition) is 3. The maximum absolute atomic E-state index is 13.2. The largest absolute Gasteiger partial charge is 0.347 e. The van der Waals surface area contributed by atoms with Crippen LogP contribution in [-0.4, -0.2) is 24.8 Å². The molecule has 1 saturated heterocycles. The van der Waals surface area contributed by atoms with Gasteiger partial charge in [-0.2, -0.15) is 0 Å². The molecule has 1 heterocycles. The Hall–Kier alpha value is -0.890. The molecule has 0 aromatic rings. The van der Waals surface area contributed by atoms with E-state index in [4.69, 9.17) is 9.47 Å². The average Bonchev–Trinajstić information content (AvgIpc) is 2.97. The Bertz CT molecular complexity index is 499. The van der Waals surface area contributed by atoms with Crippen LogP contribution in [0.1, 0.15) is 85.5 Å². The number of carbonyl (C=O) groups is 1. The van der Waals surface area contributed by atoms with Crippen molar-refractivity contribution < 1.29 is 14.3 Å². The molecule has 1 aliphatic carbocycles. The molecule has 0 amide bonds. The lowest BCUT2D eigenvalue weighted by molar-refractivity contribution is -0.140. The maximum atomic E-state index is 13.2. The van der Waals surface area contributed by atoms with E-state index in [-0.39, 0.29) is 5.41 Å². The Labute approximate surface area is 147 Å². The van der Waals surface area contributed by atoms with Crippen LogP contribution in [0.3, 0.4) is 0 Å². The van der Waals surface area contributed by atoms with E-state index < -0.39 is 5.79 Å². The van der Waals surface area contributed by atoms with E-state index in [0.29, 0.717) is 25.4 Å². The molecule has 24 heavy (non-hydrogen) atoms. The van der Waals surface area contributed by atoms with Gasteiger partial charge in [-0.1, -0.05) is 39.5 Å². The van der Waals surface area contributed by atoms with Gasteiger partial charge in [-0.25, -0.2) is 0 Å². The van der Waals surface area contributed by atoms with Crippen LogP contribution in [0.15, 0.2) is 16.9 Å². The van der Waals surface area contributed by atoms with Crippen LogP contribution in [-0.2, 0) is 14.3 Å². The Morgan fingerprint density at radius 1 is 1.08 bits per heavy atom. The summed E-state index contributed by atoms with van der Waals surface area (Å²) < 4.78 is 11.4. The predicted octanol–water partition coefficient (Wildman–Crippen LogP) is 5.34. The van der Waals surface area contributed by atoms with Gasteiger partial charge in [0.1, 0.15) is 0 Å². The highest BCUT2D eigenvalue weighted by molar-refractivity contribution is 5.99. The molecule has 0 aromatic carbocycles. The fourth-order valence-electron chi connectivity index (χ4n) is 3.95. The first-order valence-electron chi connectivity index (χ1n) is 9.66. The lowest BCUT2D eigenvalue weighted by atomic mass is 9.70. The van der Waals surface area contributed by atoms with Crippen molar-refractivity contribution >= 4 is 5.78 Å². The molecule has 2 rings (SSSR count). The first kappa shape index (κ1) is 19.4. The van der Waals surface area contributed by atoms with Crippen molar-refractivity contribution in [3.63, 3.8) is 0 Å². The lowest BCUT2D eigenvalue weighted by Crippen LogP contribution is -2.31. The molecule has 2 fully saturated rings. The van der Waals surface area contributed by atoms with Gasteiger partial charge in [0, 0.05) is 17.4 Å². The first-order valence-corrected chi connectivity index (χ1v) is 9.66. The van der Waals surface area contributed by atoms with E-state index in [1.54, 1.807) is 0 Å². The zero-order valence-electron chi connectivity index (χ0n) is 16.0. The molecule has 0 aromatic heterocycles. The molecule has 136 valence electrons. The molecule has 0 unspecified atom stereocenters. The second kappa shape index (κ2) is 8.47. The third-order valence-corrected chi connectivity index (χ3v) is 5.41. The minimum Gasteiger partial charge on any atom is -0.347 e. The first-order chi connectivity index (χ1) is 11.4. The minimum absolute atomic E-state index is 0.182. The van der Waals surface area contributed by atoms with Crippen LogP contribution in [0.5, 0.6) is 0 Å². The van der Waals surface area contributed by atoms with Crippen molar-refractivity contribution in [3.05, 3.63) is 16.9 Å². The Morgan fingerprint density at radius 2 is 1.71 bits per heavy atom. The van der Waals surface area contributed by atoms with Crippen molar-refractivity contribution in [2.75, 3.05) is 13.2 Å². The summed E-state index contributed by atoms with van der Waals surface area (Å²) in [4.78, 5) is 13.2. The summed E-state index contributed by atoms with van der Waals surface area (Å²) in [6, 6.07) is 0. The minimum atomic E-state index is -0.551. The van der Waals surface area contributed by atoms with Gasteiger partial charge in [-0.3, -0.25) is 4.79 Å². The molecule has 3 nitrogen and oxygen atoms in total. The van der Waals surface area contributed by atoms with Crippen molar-refractivity contribution in [2.24, 2.45) is 5.41 Å². The summed E-state index contributed by atoms with van der Waals surface area (Å²) in [5, 5.41) is 0. The number of unbranched alkanes of at least 4 members (excludes halogenated alkanes) is 1. The van der Waals surface area contributed by atoms with Crippen LogP contribution in [0.2, 0.25) is 0 Å². The zero-order valence-corrected chi connectivity index (χ0v) is 16.0. The van der Waals surface area contributed by atoms with Crippen molar-refractivity contribution in [1.82, 2.24) is 0 Å². The van der Waals surface area contributed by atoms with Gasteiger partial charge in [0.15, 0.2) is 11.6 Å². The molecular weight excluding hydrogens is 300 g/mol. The predicted molar refractivity (Wildman–Crippen MR) is 96.9 cm³/mol. The third-order valence-electron chi connectivity index (χ3n) is 5.41. The quantitative estimate of drug-likeness (QED) is 0.465. The highest BCUT2D eigenvalue weighted by Gasteiger charge is 2.36. The summed E-state index contributed by atoms with van der Waals surface area (Å²) >= 11 is 0. The van der Waals surface area contributed by atoms with E-state index in [9.17, 15) is 4.79 Å². The van der Waals surface area contributed by atoms with E-state index >= 15 is 0 Å². The Morgan fingerprint density at radius 3 is 2.29 bits per heavy atom. The molecule has 1 saturated carbocycles. The number of carbonyl (C=O) groups excluding carboxylic acids is 1. The van der Waals surface area contributed by atoms with Gasteiger partial charge < -0.3 is 9.47 Å². The summed E-state index contributed by atoms with van der Waals surface area (Å²) in [5.41, 5.74) is 5.21. The van der Waals surface area contributed by atoms with E-state index in [1.807, 2.05) is 13.8 Å². The molecule has 0 N–H and O–H groups in total. The van der Waals surface area contributed by atoms with Gasteiger partial charge in [0.2, 0.25) is 0 Å². The molecule has 1 aliphatic heterocycles. The molecule has 0 spiro atoms. The molecular formula is C21H34O3. The number of hydrogen-bond donors (Lipinski definition) is 0. The zero-order chi connectivity index (χ0) is 17.6. The normalized spacial score (nSPS) is 22.0. The summed E-state index contributed by atoms with van der Waals surface area (Å²) in [5.74, 6) is -0.224. The van der Waals surface area contributed by atoms with Crippen molar-refractivity contribution in [1.29, 1.82) is 0 Å². The molecule has 3 heteroatoms. The fourth-order valence-corrected chi connectivity index (χ4v) is 3.95. The monoisotopic (exact) mass is 334 g/mol. The van der Waals surface area contributed by atoms with Crippen LogP contribution in [0.4, 0.5) is 0 Å². The van der Waals surface area contributed by atoms with Crippen LogP contribution < -0.4 is 0 Å². The molecule has 0 bridgehead atoms. The Balaban J connectivity index is 2.21. The standard InChI is InChI=1S/C21H34O3/c1-5-6-10-18(19(22)20(3)11-8-7-9-12-20)15-17(2)16-21(4)23-13-14-24-21/h5-14,16H2,1-4H3. The van der Waals surface area contributed by atoms with E-state index in [2.05, 4.69) is 19.6 Å². The summed E-state index contributed by atoms with van der Waals surface area (Å²) in [6.07, 6.45) is 9.29. The maximum Gasteiger partial charge on any atom is 0.172 e. The number of ketones is 1. The summed E-state index contributed by atoms with van der Waals surface area (Å²) in [6.45, 7) is 9.63. The van der Waals surface area contributed by atoms with E-state index in [0.717, 1.165) is 43.3 Å². The second-order valence-corrected chi connectivity index (χ2v) is 7.95. The van der Waals surface area contributed by atoms with Crippen LogP contribution in [0, 0.1) is 5.41 Å². The molecule has 2 aliphatic rings. The fraction of sp³-hybridized carbons (Fsp3) is 0.810. The van der Waals surface area contributed by atoms with Gasteiger partial charge in [-0.15, -0.1) is 5.73 Å². The number of Topliss-reactive ketones (excluding diaryl/α,β-unsaturated/α-hetero) is 1. The average molecular weight is 335 g/mol. The second-order valence-electron chi connectivity index (χ2n) is 7.95. The topological polar surface area (TPSA) is 35.5 Å². The van der Waals surface area contributed by atoms with Gasteiger partial charge in [0.25, 0.3) is 0 Å². The van der Waals surface area contributed by atoms with E-state index in [1.165, 1.54) is 19.3 Å². The lowest BCUT2D eigenvalue weighted by Gasteiger charge is -2.32. The van der Waals surface area contributed by atoms with Crippen molar-refractivity contribution in [2.45, 2.75) is 91.3 Å². The van der Waals surface area contributed by atoms with Gasteiger partial charge in [0.05, 0.1) is 13.2 Å². The van der Waals surface area contributed by atoms with Crippen LogP contribution >= 0.6 is 0 Å². The molecule has 0 radical (unpaired) electrons. The van der Waals surface area contributed by atoms with Crippen LogP contribution in [0.25, 0.3) is 0 Å². The van der Waals surface area contributed by atoms with Gasteiger partial charge >= 0.3 is 0 Å². The number of ether oxygens (including phenoxy) is 2. The Kier molecular flexibility index (Phi) is 6.86. The number of rotatable bonds is 7. The third kappa shape index (κ3) is 5.05. The molecule has 0 atom stereocenters. The highest BCUT2D eigenvalue weighted by Crippen LogP contribution is 2.39. The highest BCUT2D eigenvalue weighted by atomic mass is 16.7. The smallest absolute Gasteiger partial charge is 0.172 e. The summed E-state index contributed by atoms with van der Waals surface area (Å²) in [7, 11) is 0.